The van der Waals surface area contributed by atoms with Gasteiger partial charge in [0.2, 0.25) is 4.96 Å². The van der Waals surface area contributed by atoms with Crippen molar-refractivity contribution in [3.63, 3.8) is 0 Å². The zero-order valence-electron chi connectivity index (χ0n) is 8.89. The second-order valence-corrected chi connectivity index (χ2v) is 5.08. The number of aryl methyl sites for hydroxylation is 1. The molecule has 17 heavy (non-hydrogen) atoms. The van der Waals surface area contributed by atoms with E-state index in [9.17, 15) is 0 Å². The van der Waals surface area contributed by atoms with E-state index in [1.54, 1.807) is 11.3 Å². The lowest BCUT2D eigenvalue weighted by Gasteiger charge is -1.95. The van der Waals surface area contributed by atoms with Crippen LogP contribution in [0.1, 0.15) is 5.01 Å². The molecular weight excluding hydrogens is 322 g/mol. The molecule has 2 aromatic heterocycles. The van der Waals surface area contributed by atoms with Crippen molar-refractivity contribution in [3.8, 4) is 11.3 Å². The summed E-state index contributed by atoms with van der Waals surface area (Å²) in [5.41, 5.74) is 1.98. The van der Waals surface area contributed by atoms with E-state index in [2.05, 4.69) is 10.1 Å². The molecule has 0 fully saturated rings. The molecule has 88 valence electrons. The first-order chi connectivity index (χ1) is 7.72. The van der Waals surface area contributed by atoms with Crippen molar-refractivity contribution in [1.29, 1.82) is 0 Å². The Morgan fingerprint density at radius 2 is 1.94 bits per heavy atom. The summed E-state index contributed by atoms with van der Waals surface area (Å²) in [5.74, 6) is 0. The number of fused-ring (bicyclic) bond motifs is 1. The maximum atomic E-state index is 5.84. The van der Waals surface area contributed by atoms with Crippen molar-refractivity contribution in [2.45, 2.75) is 6.92 Å². The van der Waals surface area contributed by atoms with Crippen LogP contribution in [0.4, 0.5) is 0 Å². The van der Waals surface area contributed by atoms with E-state index in [0.717, 1.165) is 26.2 Å². The molecule has 0 aliphatic heterocycles. The van der Waals surface area contributed by atoms with E-state index < -0.39 is 0 Å². The standard InChI is InChI=1S/C11H8ClN3S.BrH/c1-7-14-15-6-10(13-11(15)16-7)8-2-4-9(12)5-3-8;/h2-6H,1H3;1H/p-1. The van der Waals surface area contributed by atoms with E-state index in [4.69, 9.17) is 11.6 Å². The second kappa shape index (κ2) is 4.76. The van der Waals surface area contributed by atoms with Gasteiger partial charge >= 0.3 is 0 Å². The third kappa shape index (κ3) is 2.36. The van der Waals surface area contributed by atoms with Crippen molar-refractivity contribution in [2.24, 2.45) is 0 Å². The van der Waals surface area contributed by atoms with Crippen LogP contribution >= 0.6 is 22.9 Å². The monoisotopic (exact) mass is 328 g/mol. The Balaban J connectivity index is 0.00000108. The lowest BCUT2D eigenvalue weighted by atomic mass is 10.2. The molecule has 0 amide bonds. The average Bonchev–Trinajstić information content (AvgIpc) is 2.75. The highest BCUT2D eigenvalue weighted by Gasteiger charge is 2.07. The number of nitrogens with zero attached hydrogens (tertiary/aromatic N) is 3. The first-order valence-corrected chi connectivity index (χ1v) is 6.00. The quantitative estimate of drug-likeness (QED) is 0.648. The van der Waals surface area contributed by atoms with Crippen LogP contribution in [0.2, 0.25) is 5.02 Å². The largest absolute Gasteiger partial charge is 1.00 e. The summed E-state index contributed by atoms with van der Waals surface area (Å²) in [4.78, 5) is 5.43. The maximum Gasteiger partial charge on any atom is 0.212 e. The van der Waals surface area contributed by atoms with Crippen LogP contribution in [0, 0.1) is 6.92 Å². The van der Waals surface area contributed by atoms with E-state index in [0.29, 0.717) is 0 Å². The Morgan fingerprint density at radius 1 is 1.24 bits per heavy atom. The van der Waals surface area contributed by atoms with Crippen molar-refractivity contribution < 1.29 is 17.0 Å². The van der Waals surface area contributed by atoms with Crippen LogP contribution in [0.25, 0.3) is 16.2 Å². The van der Waals surface area contributed by atoms with Gasteiger partial charge in [0, 0.05) is 10.6 Å². The highest BCUT2D eigenvalue weighted by Crippen LogP contribution is 2.23. The van der Waals surface area contributed by atoms with Gasteiger partial charge in [0.1, 0.15) is 5.01 Å². The molecule has 0 radical (unpaired) electrons. The third-order valence-corrected chi connectivity index (χ3v) is 3.37. The zero-order chi connectivity index (χ0) is 11.1. The third-order valence-electron chi connectivity index (χ3n) is 2.28. The van der Waals surface area contributed by atoms with Crippen LogP contribution in [-0.2, 0) is 0 Å². The van der Waals surface area contributed by atoms with Crippen LogP contribution < -0.4 is 17.0 Å². The highest BCUT2D eigenvalue weighted by atomic mass is 79.9. The number of benzene rings is 1. The van der Waals surface area contributed by atoms with Crippen molar-refractivity contribution >= 4 is 27.9 Å². The summed E-state index contributed by atoms with van der Waals surface area (Å²) in [5, 5.41) is 6.08. The minimum Gasteiger partial charge on any atom is -1.00 e. The van der Waals surface area contributed by atoms with Gasteiger partial charge in [0.15, 0.2) is 0 Å². The van der Waals surface area contributed by atoms with Gasteiger partial charge < -0.3 is 17.0 Å². The summed E-state index contributed by atoms with van der Waals surface area (Å²) in [6.07, 6.45) is 1.93. The van der Waals surface area contributed by atoms with Gasteiger partial charge in [-0.2, -0.15) is 5.10 Å². The predicted octanol–water partition coefficient (Wildman–Crippen LogP) is 0.424. The predicted molar refractivity (Wildman–Crippen MR) is 66.0 cm³/mol. The molecule has 3 aromatic rings. The Bertz CT molecular complexity index is 613. The molecular formula is C11H8BrClN3S-. The number of hydrogen-bond donors (Lipinski definition) is 0. The summed E-state index contributed by atoms with van der Waals surface area (Å²) in [7, 11) is 0. The topological polar surface area (TPSA) is 30.2 Å². The fourth-order valence-corrected chi connectivity index (χ4v) is 2.41. The molecule has 0 spiro atoms. The summed E-state index contributed by atoms with van der Waals surface area (Å²) in [6.45, 7) is 1.97. The average molecular weight is 330 g/mol. The van der Waals surface area contributed by atoms with Gasteiger partial charge in [0.05, 0.1) is 11.9 Å². The Hall–Kier alpha value is -0.910. The summed E-state index contributed by atoms with van der Waals surface area (Å²) in [6, 6.07) is 7.65. The van der Waals surface area contributed by atoms with Crippen LogP contribution in [0.15, 0.2) is 30.5 Å². The van der Waals surface area contributed by atoms with Crippen LogP contribution in [0.3, 0.4) is 0 Å². The Kier molecular flexibility index (Phi) is 3.51. The Morgan fingerprint density at radius 3 is 2.59 bits per heavy atom. The summed E-state index contributed by atoms with van der Waals surface area (Å²) < 4.78 is 1.81. The number of rotatable bonds is 1. The van der Waals surface area contributed by atoms with Gasteiger partial charge in [-0.3, -0.25) is 0 Å². The SMILES string of the molecule is Cc1nn2cc(-c3ccc(Cl)cc3)nc2s1.[Br-]. The Labute approximate surface area is 118 Å². The number of hydrogen-bond acceptors (Lipinski definition) is 3. The van der Waals surface area contributed by atoms with E-state index in [-0.39, 0.29) is 17.0 Å². The molecule has 0 saturated heterocycles. The fourth-order valence-electron chi connectivity index (χ4n) is 1.56. The van der Waals surface area contributed by atoms with E-state index >= 15 is 0 Å². The fraction of sp³-hybridized carbons (Fsp3) is 0.0909. The summed E-state index contributed by atoms with van der Waals surface area (Å²) >= 11 is 7.43. The lowest BCUT2D eigenvalue weighted by Crippen LogP contribution is -3.00. The normalized spacial score (nSPS) is 10.5. The first kappa shape index (κ1) is 12.5. The molecule has 0 N–H and O–H groups in total. The van der Waals surface area contributed by atoms with Crippen molar-refractivity contribution in [3.05, 3.63) is 40.5 Å². The molecule has 3 rings (SSSR count). The van der Waals surface area contributed by atoms with Crippen molar-refractivity contribution in [1.82, 2.24) is 14.6 Å². The van der Waals surface area contributed by atoms with Crippen LogP contribution in [-0.4, -0.2) is 14.6 Å². The molecule has 3 nitrogen and oxygen atoms in total. The van der Waals surface area contributed by atoms with Crippen molar-refractivity contribution in [2.75, 3.05) is 0 Å². The van der Waals surface area contributed by atoms with Crippen LogP contribution in [0.5, 0.6) is 0 Å². The highest BCUT2D eigenvalue weighted by molar-refractivity contribution is 7.16. The lowest BCUT2D eigenvalue weighted by molar-refractivity contribution is -0.00000320. The molecule has 0 bridgehead atoms. The molecule has 0 atom stereocenters. The number of imidazole rings is 1. The minimum atomic E-state index is 0. The molecule has 0 aliphatic rings. The van der Waals surface area contributed by atoms with Gasteiger partial charge in [-0.1, -0.05) is 35.1 Å². The second-order valence-electron chi connectivity index (χ2n) is 3.48. The van der Waals surface area contributed by atoms with Gasteiger partial charge in [0.25, 0.3) is 0 Å². The molecule has 6 heteroatoms. The minimum absolute atomic E-state index is 0. The zero-order valence-corrected chi connectivity index (χ0v) is 12.1. The molecule has 0 aliphatic carbocycles. The van der Waals surface area contributed by atoms with E-state index in [1.807, 2.05) is 41.9 Å². The van der Waals surface area contributed by atoms with Gasteiger partial charge in [-0.25, -0.2) is 9.50 Å². The molecule has 2 heterocycles. The van der Waals surface area contributed by atoms with Gasteiger partial charge in [-0.05, 0) is 19.1 Å². The number of aromatic nitrogens is 3. The van der Waals surface area contributed by atoms with Gasteiger partial charge in [-0.15, -0.1) is 0 Å². The molecule has 1 aromatic carbocycles. The molecule has 0 saturated carbocycles. The smallest absolute Gasteiger partial charge is 0.212 e. The van der Waals surface area contributed by atoms with E-state index in [1.165, 1.54) is 0 Å². The maximum absolute atomic E-state index is 5.84. The molecule has 0 unspecified atom stereocenters. The first-order valence-electron chi connectivity index (χ1n) is 4.81. The number of halogens is 2.